The van der Waals surface area contributed by atoms with E-state index in [1.807, 2.05) is 0 Å². The average Bonchev–Trinajstić information content (AvgIpc) is 2.38. The maximum atomic E-state index is 5.89. The summed E-state index contributed by atoms with van der Waals surface area (Å²) in [7, 11) is 0. The third-order valence-corrected chi connectivity index (χ3v) is 3.24. The van der Waals surface area contributed by atoms with Crippen LogP contribution in [0.4, 0.5) is 11.8 Å². The van der Waals surface area contributed by atoms with Crippen LogP contribution in [0.1, 0.15) is 11.1 Å². The lowest BCUT2D eigenvalue weighted by molar-refractivity contribution is 0.644. The van der Waals surface area contributed by atoms with Gasteiger partial charge in [0.25, 0.3) is 0 Å². The van der Waals surface area contributed by atoms with Crippen LogP contribution in [0.3, 0.4) is 0 Å². The van der Waals surface area contributed by atoms with E-state index in [1.54, 1.807) is 6.20 Å². The SMILES string of the molecule is Nc1ncc(-c2ccc3c(c2)CCNC3)c(N)n1. The fourth-order valence-corrected chi connectivity index (χ4v) is 2.28. The molecule has 0 atom stereocenters. The fourth-order valence-electron chi connectivity index (χ4n) is 2.28. The number of hydrogen-bond donors (Lipinski definition) is 3. The highest BCUT2D eigenvalue weighted by Crippen LogP contribution is 2.27. The number of nitrogens with two attached hydrogens (primary N) is 2. The molecular formula is C13H15N5. The molecule has 2 heterocycles. The van der Waals surface area contributed by atoms with E-state index >= 15 is 0 Å². The van der Waals surface area contributed by atoms with Crippen LogP contribution in [-0.2, 0) is 13.0 Å². The van der Waals surface area contributed by atoms with Gasteiger partial charge in [-0.05, 0) is 29.7 Å². The van der Waals surface area contributed by atoms with Crippen molar-refractivity contribution in [3.8, 4) is 11.1 Å². The van der Waals surface area contributed by atoms with Gasteiger partial charge >= 0.3 is 0 Å². The number of nitrogens with one attached hydrogen (secondary N) is 1. The van der Waals surface area contributed by atoms with Gasteiger partial charge in [-0.2, -0.15) is 4.98 Å². The fraction of sp³-hybridized carbons (Fsp3) is 0.231. The van der Waals surface area contributed by atoms with Crippen LogP contribution in [-0.4, -0.2) is 16.5 Å². The van der Waals surface area contributed by atoms with Gasteiger partial charge in [0.1, 0.15) is 5.82 Å². The third-order valence-electron chi connectivity index (χ3n) is 3.24. The minimum absolute atomic E-state index is 0.207. The summed E-state index contributed by atoms with van der Waals surface area (Å²) >= 11 is 0. The first-order valence-electron chi connectivity index (χ1n) is 5.95. The van der Waals surface area contributed by atoms with Gasteiger partial charge in [-0.3, -0.25) is 0 Å². The van der Waals surface area contributed by atoms with Crippen molar-refractivity contribution in [2.45, 2.75) is 13.0 Å². The van der Waals surface area contributed by atoms with E-state index in [0.29, 0.717) is 5.82 Å². The topological polar surface area (TPSA) is 89.8 Å². The second-order valence-electron chi connectivity index (χ2n) is 4.44. The van der Waals surface area contributed by atoms with Crippen LogP contribution in [0, 0.1) is 0 Å². The maximum Gasteiger partial charge on any atom is 0.221 e. The average molecular weight is 241 g/mol. The van der Waals surface area contributed by atoms with E-state index in [1.165, 1.54) is 11.1 Å². The van der Waals surface area contributed by atoms with Crippen molar-refractivity contribution in [1.29, 1.82) is 0 Å². The van der Waals surface area contributed by atoms with Crippen LogP contribution < -0.4 is 16.8 Å². The number of hydrogen-bond acceptors (Lipinski definition) is 5. The van der Waals surface area contributed by atoms with Gasteiger partial charge < -0.3 is 16.8 Å². The zero-order chi connectivity index (χ0) is 12.5. The van der Waals surface area contributed by atoms with Crippen LogP contribution in [0.25, 0.3) is 11.1 Å². The van der Waals surface area contributed by atoms with Gasteiger partial charge in [0.05, 0.1) is 0 Å². The van der Waals surface area contributed by atoms with Gasteiger partial charge in [0, 0.05) is 18.3 Å². The van der Waals surface area contributed by atoms with Gasteiger partial charge in [0.15, 0.2) is 0 Å². The second-order valence-corrected chi connectivity index (χ2v) is 4.44. The zero-order valence-electron chi connectivity index (χ0n) is 9.98. The zero-order valence-corrected chi connectivity index (χ0v) is 9.98. The Morgan fingerprint density at radius 1 is 1.17 bits per heavy atom. The molecule has 5 N–H and O–H groups in total. The molecule has 1 aromatic carbocycles. The predicted molar refractivity (Wildman–Crippen MR) is 71.7 cm³/mol. The highest BCUT2D eigenvalue weighted by atomic mass is 15.0. The number of benzene rings is 1. The molecular weight excluding hydrogens is 226 g/mol. The standard InChI is InChI=1S/C13H15N5/c14-12-11(7-17-13(15)18-12)9-1-2-10-6-16-4-3-8(10)5-9/h1-2,5,7,16H,3-4,6H2,(H4,14,15,17,18). The highest BCUT2D eigenvalue weighted by Gasteiger charge is 2.11. The van der Waals surface area contributed by atoms with E-state index in [9.17, 15) is 0 Å². The first kappa shape index (κ1) is 11.0. The van der Waals surface area contributed by atoms with Gasteiger partial charge in [-0.15, -0.1) is 0 Å². The van der Waals surface area contributed by atoms with Crippen LogP contribution in [0.2, 0.25) is 0 Å². The van der Waals surface area contributed by atoms with E-state index in [4.69, 9.17) is 11.5 Å². The Morgan fingerprint density at radius 2 is 2.06 bits per heavy atom. The number of fused-ring (bicyclic) bond motifs is 1. The monoisotopic (exact) mass is 241 g/mol. The summed E-state index contributed by atoms with van der Waals surface area (Å²) in [6, 6.07) is 6.35. The molecule has 2 aromatic rings. The normalized spacial score (nSPS) is 14.2. The molecule has 0 fully saturated rings. The molecule has 92 valence electrons. The summed E-state index contributed by atoms with van der Waals surface area (Å²) in [4.78, 5) is 8.00. The lowest BCUT2D eigenvalue weighted by Crippen LogP contribution is -2.23. The molecule has 0 unspecified atom stereocenters. The Morgan fingerprint density at radius 3 is 2.89 bits per heavy atom. The number of anilines is 2. The molecule has 3 rings (SSSR count). The molecule has 0 saturated carbocycles. The number of nitrogens with zero attached hydrogens (tertiary/aromatic N) is 2. The third kappa shape index (κ3) is 1.89. The quantitative estimate of drug-likeness (QED) is 0.691. The van der Waals surface area contributed by atoms with Gasteiger partial charge in [-0.25, -0.2) is 4.98 Å². The lowest BCUT2D eigenvalue weighted by Gasteiger charge is -2.18. The molecule has 1 aromatic heterocycles. The highest BCUT2D eigenvalue weighted by molar-refractivity contribution is 5.74. The molecule has 18 heavy (non-hydrogen) atoms. The van der Waals surface area contributed by atoms with Crippen molar-refractivity contribution in [3.63, 3.8) is 0 Å². The Bertz CT molecular complexity index is 594. The Kier molecular flexibility index (Phi) is 2.60. The molecule has 0 radical (unpaired) electrons. The summed E-state index contributed by atoms with van der Waals surface area (Å²) in [6.45, 7) is 1.95. The van der Waals surface area contributed by atoms with Crippen molar-refractivity contribution < 1.29 is 0 Å². The van der Waals surface area contributed by atoms with Crippen molar-refractivity contribution in [3.05, 3.63) is 35.5 Å². The molecule has 5 heteroatoms. The van der Waals surface area contributed by atoms with Crippen molar-refractivity contribution in [2.75, 3.05) is 18.0 Å². The second kappa shape index (κ2) is 4.27. The van der Waals surface area contributed by atoms with E-state index in [0.717, 1.165) is 30.6 Å². The Labute approximate surface area is 105 Å². The largest absolute Gasteiger partial charge is 0.383 e. The predicted octanol–water partition coefficient (Wildman–Crippen LogP) is 0.954. The first-order chi connectivity index (χ1) is 8.74. The summed E-state index contributed by atoms with van der Waals surface area (Å²) in [5.41, 5.74) is 16.0. The minimum Gasteiger partial charge on any atom is -0.383 e. The number of rotatable bonds is 1. The Balaban J connectivity index is 2.06. The molecule has 0 amide bonds. The lowest BCUT2D eigenvalue weighted by atomic mass is 9.96. The van der Waals surface area contributed by atoms with Crippen molar-refractivity contribution in [1.82, 2.24) is 15.3 Å². The van der Waals surface area contributed by atoms with Crippen LogP contribution >= 0.6 is 0 Å². The number of aromatic nitrogens is 2. The summed E-state index contributed by atoms with van der Waals surface area (Å²) in [5, 5.41) is 3.35. The van der Waals surface area contributed by atoms with E-state index < -0.39 is 0 Å². The van der Waals surface area contributed by atoms with Crippen molar-refractivity contribution in [2.24, 2.45) is 0 Å². The summed E-state index contributed by atoms with van der Waals surface area (Å²) < 4.78 is 0. The van der Waals surface area contributed by atoms with Crippen molar-refractivity contribution >= 4 is 11.8 Å². The number of nitrogen functional groups attached to an aromatic ring is 2. The molecule has 1 aliphatic rings. The molecule has 0 saturated heterocycles. The smallest absolute Gasteiger partial charge is 0.221 e. The van der Waals surface area contributed by atoms with E-state index in [2.05, 4.69) is 33.5 Å². The van der Waals surface area contributed by atoms with Crippen LogP contribution in [0.15, 0.2) is 24.4 Å². The molecule has 0 bridgehead atoms. The molecule has 5 nitrogen and oxygen atoms in total. The van der Waals surface area contributed by atoms with Gasteiger partial charge in [-0.1, -0.05) is 18.2 Å². The van der Waals surface area contributed by atoms with Crippen LogP contribution in [0.5, 0.6) is 0 Å². The molecule has 0 spiro atoms. The first-order valence-corrected chi connectivity index (χ1v) is 5.95. The minimum atomic E-state index is 0.207. The molecule has 1 aliphatic heterocycles. The Hall–Kier alpha value is -2.14. The summed E-state index contributed by atoms with van der Waals surface area (Å²) in [6.07, 6.45) is 2.72. The maximum absolute atomic E-state index is 5.89. The van der Waals surface area contributed by atoms with E-state index in [-0.39, 0.29) is 5.95 Å². The van der Waals surface area contributed by atoms with Gasteiger partial charge in [0.2, 0.25) is 5.95 Å². The summed E-state index contributed by atoms with van der Waals surface area (Å²) in [5.74, 6) is 0.634. The molecule has 0 aliphatic carbocycles.